The van der Waals surface area contributed by atoms with Crippen molar-refractivity contribution >= 4 is 35.1 Å². The van der Waals surface area contributed by atoms with Gasteiger partial charge in [0.15, 0.2) is 0 Å². The van der Waals surface area contributed by atoms with E-state index in [1.807, 2.05) is 24.3 Å². The zero-order chi connectivity index (χ0) is 13.7. The molecule has 0 aliphatic rings. The Labute approximate surface area is 121 Å². The normalized spacial score (nSPS) is 10.3. The first-order chi connectivity index (χ1) is 9.17. The molecule has 0 aliphatic carbocycles. The van der Waals surface area contributed by atoms with Crippen LogP contribution in [0.2, 0.25) is 10.3 Å². The number of nitrogens with one attached hydrogen (secondary N) is 2. The van der Waals surface area contributed by atoms with Crippen LogP contribution in [0.15, 0.2) is 24.3 Å². The summed E-state index contributed by atoms with van der Waals surface area (Å²) in [6, 6.07) is 7.72. The van der Waals surface area contributed by atoms with Crippen LogP contribution in [-0.2, 0) is 6.42 Å². The Kier molecular flexibility index (Phi) is 4.76. The third-order valence-corrected chi connectivity index (χ3v) is 2.86. The van der Waals surface area contributed by atoms with Crippen LogP contribution in [-0.4, -0.2) is 28.5 Å². The van der Waals surface area contributed by atoms with E-state index in [1.54, 1.807) is 7.05 Å². The van der Waals surface area contributed by atoms with Crippen molar-refractivity contribution in [1.29, 1.82) is 0 Å². The molecule has 0 aliphatic heterocycles. The van der Waals surface area contributed by atoms with E-state index in [4.69, 9.17) is 23.2 Å². The van der Waals surface area contributed by atoms with Gasteiger partial charge in [0.1, 0.15) is 0 Å². The lowest BCUT2D eigenvalue weighted by atomic mass is 10.1. The number of benzene rings is 1. The minimum absolute atomic E-state index is 0.161. The molecule has 0 fully saturated rings. The van der Waals surface area contributed by atoms with Crippen LogP contribution >= 0.6 is 23.2 Å². The van der Waals surface area contributed by atoms with Gasteiger partial charge < -0.3 is 10.6 Å². The predicted octanol–water partition coefficient (Wildman–Crippen LogP) is 2.87. The Hall–Kier alpha value is -1.59. The largest absolute Gasteiger partial charge is 0.357 e. The van der Waals surface area contributed by atoms with Crippen molar-refractivity contribution in [3.8, 4) is 0 Å². The van der Waals surface area contributed by atoms with Crippen LogP contribution in [0.5, 0.6) is 0 Å². The molecule has 19 heavy (non-hydrogen) atoms. The first kappa shape index (κ1) is 13.8. The van der Waals surface area contributed by atoms with Crippen LogP contribution < -0.4 is 10.6 Å². The van der Waals surface area contributed by atoms with E-state index in [0.29, 0.717) is 18.4 Å². The maximum atomic E-state index is 5.83. The molecular weight excluding hydrogens is 285 g/mol. The molecular formula is C12H13Cl2N5. The monoisotopic (exact) mass is 297 g/mol. The van der Waals surface area contributed by atoms with Crippen molar-refractivity contribution in [2.45, 2.75) is 6.42 Å². The lowest BCUT2D eigenvalue weighted by Crippen LogP contribution is -2.10. The van der Waals surface area contributed by atoms with Gasteiger partial charge in [-0.25, -0.2) is 0 Å². The van der Waals surface area contributed by atoms with E-state index in [0.717, 1.165) is 11.4 Å². The number of nitrogens with zero attached hydrogens (tertiary/aromatic N) is 3. The Morgan fingerprint density at radius 1 is 1.00 bits per heavy atom. The van der Waals surface area contributed by atoms with Crippen LogP contribution in [0.1, 0.15) is 5.56 Å². The first-order valence-corrected chi connectivity index (χ1v) is 6.50. The van der Waals surface area contributed by atoms with Gasteiger partial charge in [-0.05, 0) is 35.7 Å². The van der Waals surface area contributed by atoms with Crippen molar-refractivity contribution in [3.63, 3.8) is 0 Å². The van der Waals surface area contributed by atoms with E-state index in [9.17, 15) is 0 Å². The number of rotatable bonds is 5. The predicted molar refractivity (Wildman–Crippen MR) is 78.0 cm³/mol. The number of hydrogen-bond donors (Lipinski definition) is 2. The summed E-state index contributed by atoms with van der Waals surface area (Å²) in [5.41, 5.74) is 1.19. The fraction of sp³-hybridized carbons (Fsp3) is 0.250. The fourth-order valence-corrected chi connectivity index (χ4v) is 1.80. The van der Waals surface area contributed by atoms with Crippen molar-refractivity contribution in [2.24, 2.45) is 0 Å². The fourth-order valence-electron chi connectivity index (χ4n) is 1.51. The van der Waals surface area contributed by atoms with Gasteiger partial charge in [-0.15, -0.1) is 0 Å². The van der Waals surface area contributed by atoms with Gasteiger partial charge in [-0.3, -0.25) is 0 Å². The third kappa shape index (κ3) is 4.22. The van der Waals surface area contributed by atoms with Gasteiger partial charge in [-0.2, -0.15) is 15.0 Å². The number of aromatic nitrogens is 3. The van der Waals surface area contributed by atoms with Crippen molar-refractivity contribution in [3.05, 3.63) is 40.1 Å². The summed E-state index contributed by atoms with van der Waals surface area (Å²) in [4.78, 5) is 12.1. The highest BCUT2D eigenvalue weighted by atomic mass is 35.5. The molecule has 2 rings (SSSR count). The van der Waals surface area contributed by atoms with E-state index >= 15 is 0 Å². The van der Waals surface area contributed by atoms with E-state index in [-0.39, 0.29) is 5.28 Å². The average molecular weight is 298 g/mol. The standard InChI is InChI=1S/C12H13Cl2N5/c1-15-11-17-10(14)18-12(19-11)16-7-6-8-2-4-9(13)5-3-8/h2-5H,6-7H2,1H3,(H2,15,16,17,18,19). The second-order valence-corrected chi connectivity index (χ2v) is 4.58. The minimum atomic E-state index is 0.161. The molecule has 7 heteroatoms. The van der Waals surface area contributed by atoms with Crippen LogP contribution in [0.3, 0.4) is 0 Å². The van der Waals surface area contributed by atoms with Gasteiger partial charge in [0, 0.05) is 18.6 Å². The summed E-state index contributed by atoms with van der Waals surface area (Å²) in [5, 5.41) is 6.82. The molecule has 0 unspecified atom stereocenters. The highest BCUT2D eigenvalue weighted by Gasteiger charge is 2.03. The molecule has 0 bridgehead atoms. The highest BCUT2D eigenvalue weighted by molar-refractivity contribution is 6.30. The van der Waals surface area contributed by atoms with E-state index in [2.05, 4.69) is 25.6 Å². The maximum absolute atomic E-state index is 5.83. The SMILES string of the molecule is CNc1nc(Cl)nc(NCCc2ccc(Cl)cc2)n1. The molecule has 0 spiro atoms. The van der Waals surface area contributed by atoms with Gasteiger partial charge in [-0.1, -0.05) is 23.7 Å². The molecule has 100 valence electrons. The number of anilines is 2. The summed E-state index contributed by atoms with van der Waals surface area (Å²) in [5.74, 6) is 0.896. The zero-order valence-electron chi connectivity index (χ0n) is 10.3. The maximum Gasteiger partial charge on any atom is 0.228 e. The van der Waals surface area contributed by atoms with Gasteiger partial charge in [0.25, 0.3) is 0 Å². The average Bonchev–Trinajstić information content (AvgIpc) is 2.40. The van der Waals surface area contributed by atoms with Gasteiger partial charge >= 0.3 is 0 Å². The third-order valence-electron chi connectivity index (χ3n) is 2.44. The molecule has 1 aromatic carbocycles. The van der Waals surface area contributed by atoms with E-state index in [1.165, 1.54) is 5.56 Å². The Balaban J connectivity index is 1.92. The van der Waals surface area contributed by atoms with Gasteiger partial charge in [0.05, 0.1) is 0 Å². The van der Waals surface area contributed by atoms with Crippen molar-refractivity contribution in [2.75, 3.05) is 24.2 Å². The molecule has 2 aromatic rings. The number of halogens is 2. The number of hydrogen-bond acceptors (Lipinski definition) is 5. The van der Waals surface area contributed by atoms with Crippen molar-refractivity contribution < 1.29 is 0 Å². The first-order valence-electron chi connectivity index (χ1n) is 5.75. The summed E-state index contributed by atoms with van der Waals surface area (Å²) in [6.07, 6.45) is 0.843. The van der Waals surface area contributed by atoms with Crippen LogP contribution in [0, 0.1) is 0 Å². The molecule has 0 amide bonds. The molecule has 1 aromatic heterocycles. The summed E-state index contributed by atoms with van der Waals surface area (Å²) in [7, 11) is 1.73. The van der Waals surface area contributed by atoms with Crippen molar-refractivity contribution in [1.82, 2.24) is 15.0 Å². The molecule has 1 heterocycles. The highest BCUT2D eigenvalue weighted by Crippen LogP contribution is 2.11. The molecule has 5 nitrogen and oxygen atoms in total. The van der Waals surface area contributed by atoms with E-state index < -0.39 is 0 Å². The Morgan fingerprint density at radius 2 is 1.68 bits per heavy atom. The summed E-state index contributed by atoms with van der Waals surface area (Å²) in [6.45, 7) is 0.700. The molecule has 0 atom stereocenters. The Bertz CT molecular complexity index is 544. The lowest BCUT2D eigenvalue weighted by molar-refractivity contribution is 0.964. The zero-order valence-corrected chi connectivity index (χ0v) is 11.8. The van der Waals surface area contributed by atoms with Gasteiger partial charge in [0.2, 0.25) is 17.2 Å². The molecule has 0 radical (unpaired) electrons. The molecule has 0 saturated carbocycles. The molecule has 0 saturated heterocycles. The smallest absolute Gasteiger partial charge is 0.228 e. The summed E-state index contributed by atoms with van der Waals surface area (Å²) >= 11 is 11.6. The Morgan fingerprint density at radius 3 is 2.37 bits per heavy atom. The lowest BCUT2D eigenvalue weighted by Gasteiger charge is -2.06. The second-order valence-electron chi connectivity index (χ2n) is 3.80. The summed E-state index contributed by atoms with van der Waals surface area (Å²) < 4.78 is 0. The minimum Gasteiger partial charge on any atom is -0.357 e. The topological polar surface area (TPSA) is 62.7 Å². The van der Waals surface area contributed by atoms with Crippen LogP contribution in [0.25, 0.3) is 0 Å². The second kappa shape index (κ2) is 6.54. The quantitative estimate of drug-likeness (QED) is 0.888. The van der Waals surface area contributed by atoms with Crippen LogP contribution in [0.4, 0.5) is 11.9 Å². The molecule has 2 N–H and O–H groups in total.